The van der Waals surface area contributed by atoms with Crippen molar-refractivity contribution in [1.82, 2.24) is 14.9 Å². The van der Waals surface area contributed by atoms with Gasteiger partial charge in [0.1, 0.15) is 11.5 Å². The smallest absolute Gasteiger partial charge is 0.391 e. The van der Waals surface area contributed by atoms with Crippen molar-refractivity contribution in [3.8, 4) is 22.6 Å². The highest BCUT2D eigenvalue weighted by molar-refractivity contribution is 9.09. The van der Waals surface area contributed by atoms with Gasteiger partial charge in [-0.25, -0.2) is 4.39 Å². The summed E-state index contributed by atoms with van der Waals surface area (Å²) in [5.41, 5.74) is -2.79. The lowest BCUT2D eigenvalue weighted by Gasteiger charge is -2.13. The van der Waals surface area contributed by atoms with Gasteiger partial charge in [0.15, 0.2) is 17.2 Å². The van der Waals surface area contributed by atoms with Gasteiger partial charge >= 0.3 is 6.18 Å². The maximum absolute atomic E-state index is 14.4. The number of aliphatic hydroxyl groups excluding tert-OH is 1. The van der Waals surface area contributed by atoms with Crippen LogP contribution < -0.4 is 0 Å². The first kappa shape index (κ1) is 22.4. The molecular weight excluding hydrogens is 498 g/mol. The Bertz CT molecular complexity index is 1070. The summed E-state index contributed by atoms with van der Waals surface area (Å²) in [5.74, 6) is -2.05. The van der Waals surface area contributed by atoms with E-state index in [0.29, 0.717) is 4.68 Å². The number of carbonyl (C=O) groups is 1. The summed E-state index contributed by atoms with van der Waals surface area (Å²) in [6.45, 7) is 0.852. The fourth-order valence-electron chi connectivity index (χ4n) is 2.93. The Morgan fingerprint density at radius 3 is 2.67 bits per heavy atom. The molecule has 160 valence electrons. The third-order valence-corrected chi connectivity index (χ3v) is 4.91. The van der Waals surface area contributed by atoms with Gasteiger partial charge in [-0.05, 0) is 19.1 Å². The Morgan fingerprint density at radius 1 is 1.40 bits per heavy atom. The van der Waals surface area contributed by atoms with Crippen LogP contribution in [0.15, 0.2) is 28.9 Å². The van der Waals surface area contributed by atoms with E-state index in [0.717, 1.165) is 12.3 Å². The maximum atomic E-state index is 14.4. The van der Waals surface area contributed by atoms with Crippen molar-refractivity contribution in [3.63, 3.8) is 0 Å². The quantitative estimate of drug-likeness (QED) is 0.288. The molecule has 0 spiro atoms. The van der Waals surface area contributed by atoms with E-state index in [4.69, 9.17) is 16.1 Å². The highest BCUT2D eigenvalue weighted by Gasteiger charge is 2.41. The number of hydrogen-bond acceptors (Lipinski definition) is 5. The molecule has 0 saturated carbocycles. The number of hydrogen-bond donors (Lipinski definition) is 1. The molecule has 0 radical (unpaired) electrons. The molecule has 0 bridgehead atoms. The molecule has 3 aromatic rings. The zero-order valence-electron chi connectivity index (χ0n) is 15.2. The SMILES string of the molecule is CC(O)Cn1ncc(-c2onc(-c3c(F)cccc3Cl)c2C(=O)CBr)c1C(F)(F)F. The first-order valence-electron chi connectivity index (χ1n) is 8.40. The van der Waals surface area contributed by atoms with Crippen molar-refractivity contribution in [1.29, 1.82) is 0 Å². The van der Waals surface area contributed by atoms with Crippen LogP contribution in [0.25, 0.3) is 22.6 Å². The van der Waals surface area contributed by atoms with Crippen molar-refractivity contribution in [2.24, 2.45) is 0 Å². The average molecular weight is 511 g/mol. The second-order valence-corrected chi connectivity index (χ2v) is 7.29. The normalized spacial score (nSPS) is 12.9. The number of halogens is 6. The first-order valence-corrected chi connectivity index (χ1v) is 9.90. The molecule has 1 aromatic carbocycles. The van der Waals surface area contributed by atoms with Gasteiger partial charge in [0.2, 0.25) is 0 Å². The largest absolute Gasteiger partial charge is 0.433 e. The summed E-state index contributed by atoms with van der Waals surface area (Å²) in [6.07, 6.45) is -5.16. The van der Waals surface area contributed by atoms with E-state index >= 15 is 0 Å². The summed E-state index contributed by atoms with van der Waals surface area (Å²) >= 11 is 9.00. The van der Waals surface area contributed by atoms with Crippen LogP contribution >= 0.6 is 27.5 Å². The standard InChI is InChI=1S/C18H13BrClF4N3O3/c1-8(28)7-27-17(18(22,23)24)9(6-25-27)16-14(12(29)5-19)15(26-30-16)13-10(20)3-2-4-11(13)21/h2-4,6,8,28H,5,7H2,1H3. The Balaban J connectivity index is 2.30. The van der Waals surface area contributed by atoms with Crippen LogP contribution in [0.3, 0.4) is 0 Å². The van der Waals surface area contributed by atoms with Gasteiger partial charge in [-0.1, -0.05) is 38.8 Å². The minimum absolute atomic E-state index is 0.0979. The van der Waals surface area contributed by atoms with Crippen LogP contribution in [0, 0.1) is 5.82 Å². The summed E-state index contributed by atoms with van der Waals surface area (Å²) in [4.78, 5) is 12.6. The molecule has 0 saturated heterocycles. The van der Waals surface area contributed by atoms with Crippen molar-refractivity contribution in [2.45, 2.75) is 25.7 Å². The van der Waals surface area contributed by atoms with E-state index in [2.05, 4.69) is 26.2 Å². The minimum Gasteiger partial charge on any atom is -0.391 e. The zero-order valence-corrected chi connectivity index (χ0v) is 17.5. The van der Waals surface area contributed by atoms with E-state index in [9.17, 15) is 27.5 Å². The van der Waals surface area contributed by atoms with E-state index in [1.54, 1.807) is 0 Å². The van der Waals surface area contributed by atoms with E-state index in [1.807, 2.05) is 0 Å². The Kier molecular flexibility index (Phi) is 6.34. The number of ketones is 1. The minimum atomic E-state index is -4.89. The van der Waals surface area contributed by atoms with Crippen LogP contribution in [0.1, 0.15) is 23.0 Å². The van der Waals surface area contributed by atoms with Crippen LogP contribution in [-0.2, 0) is 12.7 Å². The average Bonchev–Trinajstić information content (AvgIpc) is 3.24. The van der Waals surface area contributed by atoms with Gasteiger partial charge in [-0.3, -0.25) is 9.48 Å². The van der Waals surface area contributed by atoms with Crippen molar-refractivity contribution >= 4 is 33.3 Å². The fraction of sp³-hybridized carbons (Fsp3) is 0.278. The molecule has 1 unspecified atom stereocenters. The molecule has 0 aliphatic carbocycles. The molecule has 2 aromatic heterocycles. The number of aliphatic hydroxyl groups is 1. The summed E-state index contributed by atoms with van der Waals surface area (Å²) < 4.78 is 61.4. The number of carbonyl (C=O) groups excluding carboxylic acids is 1. The maximum Gasteiger partial charge on any atom is 0.433 e. The lowest BCUT2D eigenvalue weighted by atomic mass is 9.99. The highest BCUT2D eigenvalue weighted by Crippen LogP contribution is 2.42. The van der Waals surface area contributed by atoms with Crippen molar-refractivity contribution in [2.75, 3.05) is 5.33 Å². The van der Waals surface area contributed by atoms with Crippen molar-refractivity contribution in [3.05, 3.63) is 46.5 Å². The number of Topliss-reactive ketones (excluding diaryl/α,β-unsaturated/α-hetero) is 1. The molecule has 1 atom stereocenters. The van der Waals surface area contributed by atoms with Gasteiger partial charge < -0.3 is 9.63 Å². The first-order chi connectivity index (χ1) is 14.1. The molecule has 0 fully saturated rings. The molecule has 6 nitrogen and oxygen atoms in total. The molecule has 12 heteroatoms. The zero-order chi connectivity index (χ0) is 22.2. The van der Waals surface area contributed by atoms with E-state index in [-0.39, 0.29) is 27.2 Å². The van der Waals surface area contributed by atoms with Gasteiger partial charge in [0.05, 0.1) is 45.9 Å². The van der Waals surface area contributed by atoms with Gasteiger partial charge in [0.25, 0.3) is 0 Å². The lowest BCUT2D eigenvalue weighted by molar-refractivity contribution is -0.144. The molecule has 2 heterocycles. The van der Waals surface area contributed by atoms with Crippen LogP contribution in [0.4, 0.5) is 17.6 Å². The fourth-order valence-corrected chi connectivity index (χ4v) is 3.47. The van der Waals surface area contributed by atoms with E-state index < -0.39 is 47.4 Å². The highest BCUT2D eigenvalue weighted by atomic mass is 79.9. The number of benzene rings is 1. The van der Waals surface area contributed by atoms with E-state index in [1.165, 1.54) is 19.1 Å². The second-order valence-electron chi connectivity index (χ2n) is 6.32. The number of aromatic nitrogens is 3. The predicted octanol–water partition coefficient (Wildman–Crippen LogP) is 4.97. The van der Waals surface area contributed by atoms with Crippen molar-refractivity contribution < 1.29 is 32.0 Å². The van der Waals surface area contributed by atoms with Crippen LogP contribution in [0.5, 0.6) is 0 Å². The summed E-state index contributed by atoms with van der Waals surface area (Å²) in [5, 5.41) is 16.4. The molecule has 0 amide bonds. The molecule has 1 N–H and O–H groups in total. The summed E-state index contributed by atoms with van der Waals surface area (Å²) in [6, 6.07) is 3.74. The number of rotatable bonds is 6. The van der Waals surface area contributed by atoms with Gasteiger partial charge in [0, 0.05) is 0 Å². The molecule has 3 rings (SSSR count). The Hall–Kier alpha value is -2.24. The van der Waals surface area contributed by atoms with Gasteiger partial charge in [-0.2, -0.15) is 18.3 Å². The predicted molar refractivity (Wildman–Crippen MR) is 103 cm³/mol. The summed E-state index contributed by atoms with van der Waals surface area (Å²) in [7, 11) is 0. The number of nitrogens with zero attached hydrogens (tertiary/aromatic N) is 3. The number of alkyl halides is 4. The third kappa shape index (κ3) is 4.14. The molecule has 30 heavy (non-hydrogen) atoms. The van der Waals surface area contributed by atoms with Crippen LogP contribution in [-0.4, -0.2) is 37.3 Å². The molecule has 0 aliphatic heterocycles. The second kappa shape index (κ2) is 8.48. The monoisotopic (exact) mass is 509 g/mol. The molecular formula is C18H13BrClF4N3O3. The van der Waals surface area contributed by atoms with Gasteiger partial charge in [-0.15, -0.1) is 0 Å². The Morgan fingerprint density at radius 2 is 2.10 bits per heavy atom. The lowest BCUT2D eigenvalue weighted by Crippen LogP contribution is -2.21. The molecule has 0 aliphatic rings. The van der Waals surface area contributed by atoms with Crippen LogP contribution in [0.2, 0.25) is 5.02 Å². The third-order valence-electron chi connectivity index (χ3n) is 4.08. The topological polar surface area (TPSA) is 81.2 Å². The Labute approximate surface area is 180 Å².